The van der Waals surface area contributed by atoms with Crippen LogP contribution in [0.5, 0.6) is 0 Å². The van der Waals surface area contributed by atoms with Gasteiger partial charge in [-0.2, -0.15) is 0 Å². The molecule has 0 aromatic heterocycles. The van der Waals surface area contributed by atoms with Gasteiger partial charge in [0.2, 0.25) is 0 Å². The monoisotopic (exact) mass is 332 g/mol. The number of carbonyl (C=O) groups excluding carboxylic acids is 1. The Morgan fingerprint density at radius 3 is 2.67 bits per heavy atom. The van der Waals surface area contributed by atoms with Gasteiger partial charge in [0.15, 0.2) is 0 Å². The summed E-state index contributed by atoms with van der Waals surface area (Å²) in [5.41, 5.74) is 0.590. The molecule has 7 heteroatoms. The molecule has 1 atom stereocenters. The van der Waals surface area contributed by atoms with Crippen molar-refractivity contribution in [2.75, 3.05) is 6.54 Å². The number of aryl methyl sites for hydroxylation is 1. The number of hydrogen-bond acceptors (Lipinski definition) is 4. The second-order valence-corrected chi connectivity index (χ2v) is 5.20. The number of benzene rings is 2. The number of nitro benzene ring substituents is 1. The quantitative estimate of drug-likeness (QED) is 0.628. The Labute approximate surface area is 138 Å². The van der Waals surface area contributed by atoms with Crippen molar-refractivity contribution in [1.29, 1.82) is 0 Å². The predicted octanol–water partition coefficient (Wildman–Crippen LogP) is 2.76. The number of nitrogens with one attached hydrogen (secondary N) is 1. The zero-order valence-electron chi connectivity index (χ0n) is 13.0. The normalized spacial score (nSPS) is 11.8. The number of halogens is 1. The molecule has 0 bridgehead atoms. The van der Waals surface area contributed by atoms with Crippen LogP contribution in [0.15, 0.2) is 42.5 Å². The maximum absolute atomic E-state index is 13.6. The Bertz CT molecular complexity index is 764. The van der Waals surface area contributed by atoms with E-state index in [4.69, 9.17) is 0 Å². The van der Waals surface area contributed by atoms with Crippen LogP contribution >= 0.6 is 0 Å². The number of rotatable bonds is 6. The molecular formula is C17H17FN2O4. The molecule has 0 spiro atoms. The summed E-state index contributed by atoms with van der Waals surface area (Å²) in [6.45, 7) is 1.58. The van der Waals surface area contributed by atoms with Gasteiger partial charge in [0.25, 0.3) is 11.6 Å². The van der Waals surface area contributed by atoms with E-state index in [-0.39, 0.29) is 23.4 Å². The summed E-state index contributed by atoms with van der Waals surface area (Å²) >= 11 is 0. The van der Waals surface area contributed by atoms with Crippen LogP contribution in [0.2, 0.25) is 0 Å². The van der Waals surface area contributed by atoms with Crippen LogP contribution < -0.4 is 5.32 Å². The average molecular weight is 332 g/mol. The zero-order valence-corrected chi connectivity index (χ0v) is 13.0. The van der Waals surface area contributed by atoms with Crippen LogP contribution in [-0.2, 0) is 6.42 Å². The summed E-state index contributed by atoms with van der Waals surface area (Å²) < 4.78 is 13.6. The molecule has 1 unspecified atom stereocenters. The third kappa shape index (κ3) is 3.94. The molecule has 0 radical (unpaired) electrons. The fourth-order valence-electron chi connectivity index (χ4n) is 2.32. The fourth-order valence-corrected chi connectivity index (χ4v) is 2.32. The first-order chi connectivity index (χ1) is 11.4. The predicted molar refractivity (Wildman–Crippen MR) is 86.2 cm³/mol. The molecule has 0 aliphatic heterocycles. The van der Waals surface area contributed by atoms with E-state index in [2.05, 4.69) is 5.32 Å². The number of nitro groups is 1. The van der Waals surface area contributed by atoms with Gasteiger partial charge in [-0.25, -0.2) is 4.39 Å². The minimum Gasteiger partial charge on any atom is -0.386 e. The van der Waals surface area contributed by atoms with Crippen molar-refractivity contribution in [2.45, 2.75) is 19.4 Å². The summed E-state index contributed by atoms with van der Waals surface area (Å²) in [5.74, 6) is -1.14. The molecule has 2 rings (SSSR count). The van der Waals surface area contributed by atoms with Crippen LogP contribution in [-0.4, -0.2) is 22.5 Å². The number of nitrogens with zero attached hydrogens (tertiary/aromatic N) is 1. The van der Waals surface area contributed by atoms with Crippen molar-refractivity contribution in [3.8, 4) is 0 Å². The van der Waals surface area contributed by atoms with Gasteiger partial charge in [-0.15, -0.1) is 0 Å². The van der Waals surface area contributed by atoms with Gasteiger partial charge in [-0.05, 0) is 18.6 Å². The Morgan fingerprint density at radius 2 is 2.04 bits per heavy atom. The molecule has 6 nitrogen and oxygen atoms in total. The molecule has 0 aliphatic carbocycles. The zero-order chi connectivity index (χ0) is 17.7. The minimum absolute atomic E-state index is 0.0742. The molecule has 24 heavy (non-hydrogen) atoms. The van der Waals surface area contributed by atoms with E-state index in [9.17, 15) is 24.4 Å². The Kier molecular flexibility index (Phi) is 5.59. The summed E-state index contributed by atoms with van der Waals surface area (Å²) in [4.78, 5) is 22.6. The molecule has 2 aromatic carbocycles. The van der Waals surface area contributed by atoms with Crippen molar-refractivity contribution in [1.82, 2.24) is 5.32 Å². The lowest BCUT2D eigenvalue weighted by atomic mass is 10.1. The highest BCUT2D eigenvalue weighted by atomic mass is 19.1. The smallest absolute Gasteiger partial charge is 0.273 e. The summed E-state index contributed by atoms with van der Waals surface area (Å²) in [7, 11) is 0. The Balaban J connectivity index is 2.09. The fraction of sp³-hybridized carbons (Fsp3) is 0.235. The molecule has 2 N–H and O–H groups in total. The number of aliphatic hydroxyl groups is 1. The molecular weight excluding hydrogens is 315 g/mol. The molecule has 1 amide bonds. The van der Waals surface area contributed by atoms with Gasteiger partial charge in [0, 0.05) is 29.3 Å². The molecule has 0 saturated heterocycles. The summed E-state index contributed by atoms with van der Waals surface area (Å²) in [6.07, 6.45) is -0.732. The maximum Gasteiger partial charge on any atom is 0.273 e. The molecule has 0 aliphatic rings. The SMILES string of the molecule is CCc1ccc(C(=O)NCC(O)c2ccccc2F)cc1[N+](=O)[O-]. The van der Waals surface area contributed by atoms with E-state index < -0.39 is 22.8 Å². The van der Waals surface area contributed by atoms with Crippen LogP contribution in [0.25, 0.3) is 0 Å². The average Bonchev–Trinajstić information content (AvgIpc) is 2.59. The lowest BCUT2D eigenvalue weighted by Crippen LogP contribution is -2.28. The second kappa shape index (κ2) is 7.65. The molecule has 0 saturated carbocycles. The first-order valence-electron chi connectivity index (χ1n) is 7.42. The van der Waals surface area contributed by atoms with E-state index in [1.807, 2.05) is 0 Å². The topological polar surface area (TPSA) is 92.5 Å². The molecule has 2 aromatic rings. The molecule has 0 heterocycles. The molecule has 126 valence electrons. The van der Waals surface area contributed by atoms with E-state index in [1.54, 1.807) is 13.0 Å². The number of amides is 1. The van der Waals surface area contributed by atoms with Crippen molar-refractivity contribution in [3.05, 3.63) is 75.1 Å². The van der Waals surface area contributed by atoms with E-state index >= 15 is 0 Å². The third-order valence-electron chi connectivity index (χ3n) is 3.65. The van der Waals surface area contributed by atoms with Gasteiger partial charge in [0.1, 0.15) is 5.82 Å². The lowest BCUT2D eigenvalue weighted by Gasteiger charge is -2.13. The van der Waals surface area contributed by atoms with Crippen LogP contribution in [0, 0.1) is 15.9 Å². The summed E-state index contributed by atoms with van der Waals surface area (Å²) in [5, 5.41) is 23.4. The first kappa shape index (κ1) is 17.6. The molecule has 0 fully saturated rings. The van der Waals surface area contributed by atoms with E-state index in [0.717, 1.165) is 0 Å². The van der Waals surface area contributed by atoms with Crippen molar-refractivity contribution in [3.63, 3.8) is 0 Å². The standard InChI is InChI=1S/C17H17FN2O4/c1-2-11-7-8-12(9-15(11)20(23)24)17(22)19-10-16(21)13-5-3-4-6-14(13)18/h3-9,16,21H,2,10H2,1H3,(H,19,22). The van der Waals surface area contributed by atoms with Gasteiger partial charge in [-0.3, -0.25) is 14.9 Å². The highest BCUT2D eigenvalue weighted by molar-refractivity contribution is 5.95. The Hall–Kier alpha value is -2.80. The van der Waals surface area contributed by atoms with Crippen LogP contribution in [0.1, 0.15) is 34.5 Å². The summed E-state index contributed by atoms with van der Waals surface area (Å²) in [6, 6.07) is 9.93. The van der Waals surface area contributed by atoms with E-state index in [0.29, 0.717) is 12.0 Å². The largest absolute Gasteiger partial charge is 0.386 e. The van der Waals surface area contributed by atoms with Crippen molar-refractivity contribution < 1.29 is 19.2 Å². The van der Waals surface area contributed by atoms with Crippen LogP contribution in [0.3, 0.4) is 0 Å². The Morgan fingerprint density at radius 1 is 1.33 bits per heavy atom. The van der Waals surface area contributed by atoms with Crippen molar-refractivity contribution >= 4 is 11.6 Å². The third-order valence-corrected chi connectivity index (χ3v) is 3.65. The number of carbonyl (C=O) groups is 1. The van der Waals surface area contributed by atoms with E-state index in [1.165, 1.54) is 36.4 Å². The highest BCUT2D eigenvalue weighted by Crippen LogP contribution is 2.21. The first-order valence-corrected chi connectivity index (χ1v) is 7.42. The van der Waals surface area contributed by atoms with Crippen LogP contribution in [0.4, 0.5) is 10.1 Å². The van der Waals surface area contributed by atoms with Crippen molar-refractivity contribution in [2.24, 2.45) is 0 Å². The van der Waals surface area contributed by atoms with Gasteiger partial charge in [0.05, 0.1) is 11.0 Å². The second-order valence-electron chi connectivity index (χ2n) is 5.20. The maximum atomic E-state index is 13.6. The van der Waals surface area contributed by atoms with Gasteiger partial charge < -0.3 is 10.4 Å². The van der Waals surface area contributed by atoms with Gasteiger partial charge >= 0.3 is 0 Å². The highest BCUT2D eigenvalue weighted by Gasteiger charge is 2.18. The number of aliphatic hydroxyl groups excluding tert-OH is 1. The van der Waals surface area contributed by atoms with Gasteiger partial charge in [-0.1, -0.05) is 31.2 Å². The number of hydrogen-bond donors (Lipinski definition) is 2. The lowest BCUT2D eigenvalue weighted by molar-refractivity contribution is -0.385. The minimum atomic E-state index is -1.21.